The first-order valence-electron chi connectivity index (χ1n) is 7.26. The van der Waals surface area contributed by atoms with Crippen LogP contribution < -0.4 is 10.9 Å². The second kappa shape index (κ2) is 6.12. The van der Waals surface area contributed by atoms with E-state index in [2.05, 4.69) is 24.7 Å². The van der Waals surface area contributed by atoms with Gasteiger partial charge in [-0.2, -0.15) is 0 Å². The first-order valence-corrected chi connectivity index (χ1v) is 7.26. The van der Waals surface area contributed by atoms with Crippen LogP contribution in [0.1, 0.15) is 60.8 Å². The van der Waals surface area contributed by atoms with Crippen LogP contribution in [-0.4, -0.2) is 23.5 Å². The second-order valence-corrected chi connectivity index (χ2v) is 7.40. The topological polar surface area (TPSA) is 67.4 Å². The fourth-order valence-electron chi connectivity index (χ4n) is 2.98. The Morgan fingerprint density at radius 2 is 1.80 bits per heavy atom. The van der Waals surface area contributed by atoms with Crippen LogP contribution in [0.4, 0.5) is 4.79 Å². The van der Waals surface area contributed by atoms with Gasteiger partial charge >= 0.3 is 6.09 Å². The Morgan fingerprint density at radius 3 is 2.25 bits per heavy atom. The quantitative estimate of drug-likeness (QED) is 0.782. The molecule has 0 bridgehead atoms. The highest BCUT2D eigenvalue weighted by Gasteiger charge is 2.39. The van der Waals surface area contributed by atoms with Gasteiger partial charge in [-0.05, 0) is 52.4 Å². The highest BCUT2D eigenvalue weighted by Crippen LogP contribution is 2.40. The molecule has 0 spiro atoms. The minimum atomic E-state index is -0.503. The molecular weight excluding hydrogens is 256 g/mol. The summed E-state index contributed by atoms with van der Waals surface area (Å²) >= 11 is 0. The maximum absolute atomic E-state index is 11.6. The number of hydrogen-bond donors (Lipinski definition) is 2. The molecule has 0 radical (unpaired) electrons. The standard InChI is InChI=1S/C15H28N2O3/c1-10(18)12-8-7-11(9-15(12,5)6)16-17-13(19)20-14(2,3)4/h11-12,16H,7-9H2,1-6H3,(H,17,19)/t11-,12-/m1/s1. The van der Waals surface area contributed by atoms with Gasteiger partial charge in [0, 0.05) is 12.0 Å². The van der Waals surface area contributed by atoms with Crippen LogP contribution >= 0.6 is 0 Å². The van der Waals surface area contributed by atoms with Crippen LogP contribution in [0, 0.1) is 11.3 Å². The number of nitrogens with one attached hydrogen (secondary N) is 2. The molecule has 1 fully saturated rings. The molecule has 1 amide bonds. The van der Waals surface area contributed by atoms with Gasteiger partial charge in [-0.1, -0.05) is 13.8 Å². The highest BCUT2D eigenvalue weighted by atomic mass is 16.6. The van der Waals surface area contributed by atoms with Gasteiger partial charge in [0.2, 0.25) is 0 Å². The van der Waals surface area contributed by atoms with Crippen LogP contribution in [0.3, 0.4) is 0 Å². The van der Waals surface area contributed by atoms with E-state index in [1.54, 1.807) is 6.92 Å². The number of hydrogen-bond acceptors (Lipinski definition) is 4. The minimum absolute atomic E-state index is 0.0443. The van der Waals surface area contributed by atoms with Crippen molar-refractivity contribution in [2.75, 3.05) is 0 Å². The maximum Gasteiger partial charge on any atom is 0.422 e. The first kappa shape index (κ1) is 17.0. The molecule has 2 N–H and O–H groups in total. The normalized spacial score (nSPS) is 25.9. The van der Waals surface area contributed by atoms with Crippen molar-refractivity contribution in [2.45, 2.75) is 72.4 Å². The second-order valence-electron chi connectivity index (χ2n) is 7.40. The van der Waals surface area contributed by atoms with Crippen molar-refractivity contribution in [1.82, 2.24) is 10.9 Å². The van der Waals surface area contributed by atoms with Crippen molar-refractivity contribution in [1.29, 1.82) is 0 Å². The van der Waals surface area contributed by atoms with Crippen molar-refractivity contribution in [3.63, 3.8) is 0 Å². The third-order valence-corrected chi connectivity index (χ3v) is 3.79. The van der Waals surface area contributed by atoms with Crippen molar-refractivity contribution in [2.24, 2.45) is 11.3 Å². The molecule has 0 unspecified atom stereocenters. The van der Waals surface area contributed by atoms with E-state index in [1.165, 1.54) is 0 Å². The van der Waals surface area contributed by atoms with Gasteiger partial charge in [-0.3, -0.25) is 10.2 Å². The van der Waals surface area contributed by atoms with Crippen molar-refractivity contribution in [3.05, 3.63) is 0 Å². The van der Waals surface area contributed by atoms with Crippen molar-refractivity contribution < 1.29 is 14.3 Å². The third-order valence-electron chi connectivity index (χ3n) is 3.79. The van der Waals surface area contributed by atoms with E-state index in [4.69, 9.17) is 4.74 Å². The molecule has 5 heteroatoms. The van der Waals surface area contributed by atoms with E-state index >= 15 is 0 Å². The summed E-state index contributed by atoms with van der Waals surface area (Å²) in [4.78, 5) is 23.2. The molecule has 0 saturated heterocycles. The lowest BCUT2D eigenvalue weighted by Gasteiger charge is -2.41. The molecule has 1 aliphatic rings. The largest absolute Gasteiger partial charge is 0.443 e. The summed E-state index contributed by atoms with van der Waals surface area (Å²) in [5, 5.41) is 0. The number of carbonyl (C=O) groups excluding carboxylic acids is 2. The Hall–Kier alpha value is -1.10. The summed E-state index contributed by atoms with van der Waals surface area (Å²) in [6, 6.07) is 0.174. The van der Waals surface area contributed by atoms with Crippen LogP contribution in [0.15, 0.2) is 0 Å². The van der Waals surface area contributed by atoms with Crippen LogP contribution in [0.25, 0.3) is 0 Å². The van der Waals surface area contributed by atoms with Gasteiger partial charge in [0.05, 0.1) is 0 Å². The Bertz CT molecular complexity index is 372. The monoisotopic (exact) mass is 284 g/mol. The van der Waals surface area contributed by atoms with E-state index in [9.17, 15) is 9.59 Å². The first-order chi connectivity index (χ1) is 9.01. The lowest BCUT2D eigenvalue weighted by atomic mass is 9.66. The number of hydrazine groups is 1. The molecule has 0 heterocycles. The molecule has 20 heavy (non-hydrogen) atoms. The number of ether oxygens (including phenoxy) is 1. The summed E-state index contributed by atoms with van der Waals surface area (Å²) in [5.74, 6) is 0.371. The van der Waals surface area contributed by atoms with E-state index in [0.717, 1.165) is 19.3 Å². The van der Waals surface area contributed by atoms with Gasteiger partial charge in [-0.15, -0.1) is 0 Å². The zero-order chi connectivity index (χ0) is 15.6. The van der Waals surface area contributed by atoms with E-state index in [-0.39, 0.29) is 23.2 Å². The van der Waals surface area contributed by atoms with E-state index in [1.807, 2.05) is 20.8 Å². The number of rotatable bonds is 3. The van der Waals surface area contributed by atoms with E-state index in [0.29, 0.717) is 0 Å². The predicted molar refractivity (Wildman–Crippen MR) is 78.1 cm³/mol. The van der Waals surface area contributed by atoms with E-state index < -0.39 is 11.7 Å². The lowest BCUT2D eigenvalue weighted by Crippen LogP contribution is -2.51. The number of Topliss-reactive ketones (excluding diaryl/α,β-unsaturated/α-hetero) is 1. The Balaban J connectivity index is 2.45. The fraction of sp³-hybridized carbons (Fsp3) is 0.867. The summed E-state index contributed by atoms with van der Waals surface area (Å²) in [6.45, 7) is 11.4. The van der Waals surface area contributed by atoms with Gasteiger partial charge in [0.15, 0.2) is 0 Å². The number of carbonyl (C=O) groups is 2. The van der Waals surface area contributed by atoms with Crippen molar-refractivity contribution >= 4 is 11.9 Å². The molecule has 116 valence electrons. The summed E-state index contributed by atoms with van der Waals surface area (Å²) in [5.41, 5.74) is 5.07. The smallest absolute Gasteiger partial charge is 0.422 e. The summed E-state index contributed by atoms with van der Waals surface area (Å²) < 4.78 is 5.17. The number of amides is 1. The number of ketones is 1. The van der Waals surface area contributed by atoms with Crippen LogP contribution in [0.5, 0.6) is 0 Å². The Kier molecular flexibility index (Phi) is 5.19. The SMILES string of the molecule is CC(=O)[C@H]1CC[C@@H](NNC(=O)OC(C)(C)C)CC1(C)C. The van der Waals surface area contributed by atoms with Gasteiger partial charge in [0.1, 0.15) is 11.4 Å². The minimum Gasteiger partial charge on any atom is -0.443 e. The molecule has 2 atom stereocenters. The summed E-state index contributed by atoms with van der Waals surface area (Å²) in [6.07, 6.45) is 2.12. The van der Waals surface area contributed by atoms with Crippen molar-refractivity contribution in [3.8, 4) is 0 Å². The molecular formula is C15H28N2O3. The fourth-order valence-corrected chi connectivity index (χ4v) is 2.98. The average Bonchev–Trinajstić information content (AvgIpc) is 2.22. The molecule has 1 saturated carbocycles. The van der Waals surface area contributed by atoms with Crippen LogP contribution in [0.2, 0.25) is 0 Å². The van der Waals surface area contributed by atoms with Gasteiger partial charge < -0.3 is 4.74 Å². The van der Waals surface area contributed by atoms with Gasteiger partial charge in [0.25, 0.3) is 0 Å². The summed E-state index contributed by atoms with van der Waals surface area (Å²) in [7, 11) is 0. The van der Waals surface area contributed by atoms with Crippen LogP contribution in [-0.2, 0) is 9.53 Å². The van der Waals surface area contributed by atoms with Gasteiger partial charge in [-0.25, -0.2) is 10.2 Å². The third kappa shape index (κ3) is 5.12. The molecule has 0 aromatic rings. The highest BCUT2D eigenvalue weighted by molar-refractivity contribution is 5.79. The molecule has 5 nitrogen and oxygen atoms in total. The average molecular weight is 284 g/mol. The maximum atomic E-state index is 11.6. The zero-order valence-electron chi connectivity index (χ0n) is 13.5. The molecule has 1 aliphatic carbocycles. The Labute approximate surface area is 121 Å². The molecule has 0 aromatic carbocycles. The Morgan fingerprint density at radius 1 is 1.20 bits per heavy atom. The predicted octanol–water partition coefficient (Wildman–Crippen LogP) is 2.80. The lowest BCUT2D eigenvalue weighted by molar-refractivity contribution is -0.126. The molecule has 0 aromatic heterocycles. The molecule has 0 aliphatic heterocycles. The molecule has 1 rings (SSSR count). The zero-order valence-corrected chi connectivity index (χ0v) is 13.5.